The van der Waals surface area contributed by atoms with Crippen LogP contribution in [0.4, 0.5) is 0 Å². The van der Waals surface area contributed by atoms with Crippen LogP contribution in [0, 0.1) is 6.92 Å². The third kappa shape index (κ3) is 5.91. The zero-order valence-corrected chi connectivity index (χ0v) is 14.4. The van der Waals surface area contributed by atoms with Gasteiger partial charge in [-0.25, -0.2) is 13.1 Å². The van der Waals surface area contributed by atoms with Gasteiger partial charge in [0.05, 0.1) is 6.26 Å². The molecule has 1 aromatic rings. The Morgan fingerprint density at radius 1 is 1.43 bits per heavy atom. The van der Waals surface area contributed by atoms with Crippen LogP contribution in [-0.2, 0) is 21.2 Å². The van der Waals surface area contributed by atoms with E-state index in [1.165, 1.54) is 0 Å². The fraction of sp³-hybridized carbons (Fsp3) is 0.786. The number of aryl methyl sites for hydroxylation is 2. The molecule has 0 radical (unpaired) electrons. The van der Waals surface area contributed by atoms with Gasteiger partial charge in [-0.3, -0.25) is 4.79 Å². The van der Waals surface area contributed by atoms with Gasteiger partial charge < -0.3 is 9.42 Å². The molecule has 0 spiro atoms. The summed E-state index contributed by atoms with van der Waals surface area (Å²) in [5, 5.41) is 3.72. The summed E-state index contributed by atoms with van der Waals surface area (Å²) in [5.41, 5.74) is 0. The molecule has 1 aromatic heterocycles. The van der Waals surface area contributed by atoms with E-state index in [4.69, 9.17) is 4.52 Å². The molecule has 2 heterocycles. The minimum atomic E-state index is -3.24. The first-order valence-electron chi connectivity index (χ1n) is 7.88. The van der Waals surface area contributed by atoms with Crippen molar-refractivity contribution in [1.82, 2.24) is 19.8 Å². The molecule has 1 saturated heterocycles. The van der Waals surface area contributed by atoms with Gasteiger partial charge in [0.15, 0.2) is 5.82 Å². The number of amides is 1. The normalized spacial score (nSPS) is 19.0. The lowest BCUT2D eigenvalue weighted by molar-refractivity contribution is -0.134. The Bertz CT molecular complexity index is 628. The minimum absolute atomic E-state index is 0.0567. The summed E-state index contributed by atoms with van der Waals surface area (Å²) >= 11 is 0. The molecule has 1 aliphatic heterocycles. The second-order valence-electron chi connectivity index (χ2n) is 5.95. The molecule has 0 aliphatic carbocycles. The van der Waals surface area contributed by atoms with E-state index in [0.717, 1.165) is 25.5 Å². The smallest absolute Gasteiger partial charge is 0.226 e. The van der Waals surface area contributed by atoms with Crippen LogP contribution in [-0.4, -0.2) is 54.8 Å². The number of rotatable bonds is 7. The van der Waals surface area contributed by atoms with Gasteiger partial charge in [-0.05, 0) is 32.6 Å². The van der Waals surface area contributed by atoms with Crippen LogP contribution < -0.4 is 4.72 Å². The average molecular weight is 344 g/mol. The first-order chi connectivity index (χ1) is 10.8. The van der Waals surface area contributed by atoms with Crippen LogP contribution in [0.25, 0.3) is 0 Å². The second-order valence-corrected chi connectivity index (χ2v) is 7.78. The van der Waals surface area contributed by atoms with Gasteiger partial charge in [0.1, 0.15) is 0 Å². The number of sulfonamides is 1. The standard InChI is InChI=1S/C14H24N4O4S/c1-11-16-13(22-17-11)7-5-8-14(19)18-9-4-3-6-12(18)10-15-23(2,20)21/h12,15H,3-10H2,1-2H3/t12-/m0/s1. The summed E-state index contributed by atoms with van der Waals surface area (Å²) in [7, 11) is -3.24. The summed E-state index contributed by atoms with van der Waals surface area (Å²) in [5.74, 6) is 1.19. The first kappa shape index (κ1) is 17.9. The lowest BCUT2D eigenvalue weighted by atomic mass is 10.0. The van der Waals surface area contributed by atoms with E-state index in [1.807, 2.05) is 0 Å². The Morgan fingerprint density at radius 3 is 2.87 bits per heavy atom. The molecule has 23 heavy (non-hydrogen) atoms. The van der Waals surface area contributed by atoms with Crippen LogP contribution in [0.3, 0.4) is 0 Å². The maximum Gasteiger partial charge on any atom is 0.226 e. The van der Waals surface area contributed by atoms with Crippen molar-refractivity contribution in [2.24, 2.45) is 0 Å². The largest absolute Gasteiger partial charge is 0.339 e. The number of likely N-dealkylation sites (tertiary alicyclic amines) is 1. The van der Waals surface area contributed by atoms with Gasteiger partial charge in [0.25, 0.3) is 0 Å². The van der Waals surface area contributed by atoms with Crippen molar-refractivity contribution < 1.29 is 17.7 Å². The van der Waals surface area contributed by atoms with E-state index in [-0.39, 0.29) is 18.5 Å². The van der Waals surface area contributed by atoms with E-state index < -0.39 is 10.0 Å². The highest BCUT2D eigenvalue weighted by Gasteiger charge is 2.26. The van der Waals surface area contributed by atoms with Crippen molar-refractivity contribution in [3.63, 3.8) is 0 Å². The number of nitrogens with one attached hydrogen (secondary N) is 1. The zero-order valence-electron chi connectivity index (χ0n) is 13.6. The summed E-state index contributed by atoms with van der Waals surface area (Å²) in [4.78, 5) is 18.3. The molecule has 130 valence electrons. The highest BCUT2D eigenvalue weighted by Crippen LogP contribution is 2.18. The van der Waals surface area contributed by atoms with Crippen molar-refractivity contribution in [3.8, 4) is 0 Å². The fourth-order valence-corrected chi connectivity index (χ4v) is 3.26. The number of nitrogens with zero attached hydrogens (tertiary/aromatic N) is 3. The molecule has 9 heteroatoms. The quantitative estimate of drug-likeness (QED) is 0.778. The van der Waals surface area contributed by atoms with Gasteiger partial charge in [0.2, 0.25) is 21.8 Å². The van der Waals surface area contributed by atoms with Crippen LogP contribution in [0.5, 0.6) is 0 Å². The van der Waals surface area contributed by atoms with E-state index in [0.29, 0.717) is 37.5 Å². The molecule has 1 atom stereocenters. The van der Waals surface area contributed by atoms with Crippen LogP contribution in [0.1, 0.15) is 43.8 Å². The number of piperidine rings is 1. The molecule has 8 nitrogen and oxygen atoms in total. The lowest BCUT2D eigenvalue weighted by Crippen LogP contribution is -2.49. The van der Waals surface area contributed by atoms with Gasteiger partial charge in [-0.1, -0.05) is 5.16 Å². The highest BCUT2D eigenvalue weighted by molar-refractivity contribution is 7.88. The molecule has 1 N–H and O–H groups in total. The predicted molar refractivity (Wildman–Crippen MR) is 84.2 cm³/mol. The third-order valence-corrected chi connectivity index (χ3v) is 4.57. The molecular formula is C14H24N4O4S. The SMILES string of the molecule is Cc1noc(CCCC(=O)N2CCCC[C@H]2CNS(C)(=O)=O)n1. The number of hydrogen-bond acceptors (Lipinski definition) is 6. The number of hydrogen-bond donors (Lipinski definition) is 1. The topological polar surface area (TPSA) is 105 Å². The molecule has 1 amide bonds. The molecule has 1 aliphatic rings. The van der Waals surface area contributed by atoms with Gasteiger partial charge in [-0.15, -0.1) is 0 Å². The van der Waals surface area contributed by atoms with Crippen molar-refractivity contribution >= 4 is 15.9 Å². The van der Waals surface area contributed by atoms with Gasteiger partial charge in [0, 0.05) is 32.0 Å². The average Bonchev–Trinajstić information content (AvgIpc) is 2.90. The van der Waals surface area contributed by atoms with E-state index in [9.17, 15) is 13.2 Å². The molecule has 0 aromatic carbocycles. The van der Waals surface area contributed by atoms with Crippen molar-refractivity contribution in [3.05, 3.63) is 11.7 Å². The Morgan fingerprint density at radius 2 is 2.22 bits per heavy atom. The molecular weight excluding hydrogens is 320 g/mol. The number of carbonyl (C=O) groups is 1. The molecule has 0 saturated carbocycles. The minimum Gasteiger partial charge on any atom is -0.339 e. The Labute approximate surface area is 136 Å². The molecule has 0 unspecified atom stereocenters. The Balaban J connectivity index is 1.82. The van der Waals surface area contributed by atoms with Crippen molar-refractivity contribution in [1.29, 1.82) is 0 Å². The molecule has 0 bridgehead atoms. The van der Waals surface area contributed by atoms with Gasteiger partial charge >= 0.3 is 0 Å². The maximum atomic E-state index is 12.4. The second kappa shape index (κ2) is 7.87. The zero-order chi connectivity index (χ0) is 16.9. The van der Waals surface area contributed by atoms with E-state index >= 15 is 0 Å². The third-order valence-electron chi connectivity index (χ3n) is 3.88. The van der Waals surface area contributed by atoms with Crippen LogP contribution in [0.15, 0.2) is 4.52 Å². The first-order valence-corrected chi connectivity index (χ1v) is 9.77. The summed E-state index contributed by atoms with van der Waals surface area (Å²) in [6.07, 6.45) is 5.56. The monoisotopic (exact) mass is 344 g/mol. The summed E-state index contributed by atoms with van der Waals surface area (Å²) in [6.45, 7) is 2.73. The van der Waals surface area contributed by atoms with Gasteiger partial charge in [-0.2, -0.15) is 4.98 Å². The number of carbonyl (C=O) groups excluding carboxylic acids is 1. The van der Waals surface area contributed by atoms with E-state index in [2.05, 4.69) is 14.9 Å². The Kier molecular flexibility index (Phi) is 6.11. The summed E-state index contributed by atoms with van der Waals surface area (Å²) in [6, 6.07) is -0.0587. The lowest BCUT2D eigenvalue weighted by Gasteiger charge is -2.36. The van der Waals surface area contributed by atoms with Crippen LogP contribution >= 0.6 is 0 Å². The Hall–Kier alpha value is -1.48. The van der Waals surface area contributed by atoms with Crippen LogP contribution in [0.2, 0.25) is 0 Å². The maximum absolute atomic E-state index is 12.4. The van der Waals surface area contributed by atoms with Crippen molar-refractivity contribution in [2.75, 3.05) is 19.3 Å². The van der Waals surface area contributed by atoms with Crippen molar-refractivity contribution in [2.45, 2.75) is 51.5 Å². The molecule has 1 fully saturated rings. The summed E-state index contributed by atoms with van der Waals surface area (Å²) < 4.78 is 30.0. The highest BCUT2D eigenvalue weighted by atomic mass is 32.2. The molecule has 2 rings (SSSR count). The fourth-order valence-electron chi connectivity index (χ4n) is 2.76. The van der Waals surface area contributed by atoms with E-state index in [1.54, 1.807) is 11.8 Å². The number of aromatic nitrogens is 2. The predicted octanol–water partition coefficient (Wildman–Crippen LogP) is 0.631.